The Morgan fingerprint density at radius 1 is 1.14 bits per heavy atom. The number of benzene rings is 2. The van der Waals surface area contributed by atoms with E-state index in [1.54, 1.807) is 18.2 Å². The molecular formula is C15H11BrClF3O. The Labute approximate surface area is 133 Å². The van der Waals surface area contributed by atoms with Gasteiger partial charge in [-0.1, -0.05) is 39.7 Å². The van der Waals surface area contributed by atoms with Crippen molar-refractivity contribution in [3.8, 4) is 11.5 Å². The Balaban J connectivity index is 2.26. The minimum atomic E-state index is -4.42. The molecule has 0 fully saturated rings. The fraction of sp³-hybridized carbons (Fsp3) is 0.200. The van der Waals surface area contributed by atoms with Gasteiger partial charge in [0.15, 0.2) is 0 Å². The van der Waals surface area contributed by atoms with Crippen LogP contribution in [0.15, 0.2) is 42.5 Å². The lowest BCUT2D eigenvalue weighted by Gasteiger charge is -2.12. The molecule has 21 heavy (non-hydrogen) atoms. The third-order valence-electron chi connectivity index (χ3n) is 2.80. The predicted octanol–water partition coefficient (Wildman–Crippen LogP) is 6.61. The van der Waals surface area contributed by atoms with E-state index in [0.717, 1.165) is 17.7 Å². The molecule has 2 aromatic carbocycles. The topological polar surface area (TPSA) is 9.23 Å². The summed E-state index contributed by atoms with van der Waals surface area (Å²) in [7, 11) is 0. The van der Waals surface area contributed by atoms with Gasteiger partial charge in [-0.15, -0.1) is 0 Å². The molecule has 0 heterocycles. The van der Waals surface area contributed by atoms with Crippen LogP contribution in [0.5, 0.6) is 11.5 Å². The molecule has 0 saturated heterocycles. The van der Waals surface area contributed by atoms with E-state index >= 15 is 0 Å². The van der Waals surface area contributed by atoms with Crippen molar-refractivity contribution in [1.29, 1.82) is 0 Å². The minimum absolute atomic E-state index is 0.0814. The van der Waals surface area contributed by atoms with Crippen LogP contribution in [-0.2, 0) is 6.18 Å². The first-order valence-corrected chi connectivity index (χ1v) is 7.35. The Bertz CT molecular complexity index is 641. The molecule has 0 bridgehead atoms. The van der Waals surface area contributed by atoms with E-state index in [9.17, 15) is 13.2 Å². The first kappa shape index (κ1) is 16.2. The molecule has 0 radical (unpaired) electrons. The van der Waals surface area contributed by atoms with Crippen molar-refractivity contribution in [2.45, 2.75) is 17.9 Å². The molecule has 0 aliphatic carbocycles. The Morgan fingerprint density at radius 3 is 2.43 bits per heavy atom. The SMILES string of the molecule is CC(Br)c1cccc(Oc2ccc(C(F)(F)F)cc2Cl)c1. The van der Waals surface area contributed by atoms with Crippen LogP contribution in [0, 0.1) is 0 Å². The van der Waals surface area contributed by atoms with E-state index in [-0.39, 0.29) is 15.6 Å². The first-order chi connectivity index (χ1) is 9.77. The van der Waals surface area contributed by atoms with Crippen molar-refractivity contribution < 1.29 is 17.9 Å². The molecule has 1 nitrogen and oxygen atoms in total. The Kier molecular flexibility index (Phi) is 4.84. The van der Waals surface area contributed by atoms with Gasteiger partial charge in [-0.25, -0.2) is 0 Å². The summed E-state index contributed by atoms with van der Waals surface area (Å²) in [4.78, 5) is 0.143. The largest absolute Gasteiger partial charge is 0.456 e. The zero-order chi connectivity index (χ0) is 15.6. The molecule has 0 aliphatic heterocycles. The van der Waals surface area contributed by atoms with Crippen LogP contribution in [0.2, 0.25) is 5.02 Å². The molecule has 2 aromatic rings. The lowest BCUT2D eigenvalue weighted by Crippen LogP contribution is -2.04. The molecule has 0 amide bonds. The van der Waals surface area contributed by atoms with Crippen molar-refractivity contribution in [2.24, 2.45) is 0 Å². The third kappa shape index (κ3) is 4.14. The summed E-state index contributed by atoms with van der Waals surface area (Å²) >= 11 is 9.29. The average Bonchev–Trinajstić information content (AvgIpc) is 2.40. The summed E-state index contributed by atoms with van der Waals surface area (Å²) < 4.78 is 43.2. The lowest BCUT2D eigenvalue weighted by molar-refractivity contribution is -0.137. The number of ether oxygens (including phenoxy) is 1. The number of alkyl halides is 4. The van der Waals surface area contributed by atoms with Crippen LogP contribution in [0.1, 0.15) is 22.9 Å². The summed E-state index contributed by atoms with van der Waals surface area (Å²) in [6.07, 6.45) is -4.42. The minimum Gasteiger partial charge on any atom is -0.456 e. The molecule has 112 valence electrons. The highest BCUT2D eigenvalue weighted by Gasteiger charge is 2.31. The highest BCUT2D eigenvalue weighted by atomic mass is 79.9. The number of hydrogen-bond acceptors (Lipinski definition) is 1. The van der Waals surface area contributed by atoms with Gasteiger partial charge < -0.3 is 4.74 Å². The van der Waals surface area contributed by atoms with Crippen molar-refractivity contribution in [3.63, 3.8) is 0 Å². The molecule has 0 spiro atoms. The van der Waals surface area contributed by atoms with Gasteiger partial charge >= 0.3 is 6.18 Å². The van der Waals surface area contributed by atoms with Crippen molar-refractivity contribution >= 4 is 27.5 Å². The molecule has 0 aromatic heterocycles. The van der Waals surface area contributed by atoms with Gasteiger partial charge in [0.25, 0.3) is 0 Å². The highest BCUT2D eigenvalue weighted by Crippen LogP contribution is 2.37. The van der Waals surface area contributed by atoms with Crippen LogP contribution >= 0.6 is 27.5 Å². The van der Waals surface area contributed by atoms with Gasteiger partial charge in [0.1, 0.15) is 11.5 Å². The maximum atomic E-state index is 12.6. The summed E-state index contributed by atoms with van der Waals surface area (Å²) in [5, 5.41) is -0.0814. The maximum Gasteiger partial charge on any atom is 0.416 e. The molecular weight excluding hydrogens is 369 g/mol. The van der Waals surface area contributed by atoms with Gasteiger partial charge in [-0.05, 0) is 42.8 Å². The zero-order valence-electron chi connectivity index (χ0n) is 10.9. The molecule has 0 saturated carbocycles. The third-order valence-corrected chi connectivity index (χ3v) is 3.63. The van der Waals surface area contributed by atoms with Crippen LogP contribution in [0.3, 0.4) is 0 Å². The number of halogens is 5. The molecule has 0 aliphatic rings. The smallest absolute Gasteiger partial charge is 0.416 e. The normalized spacial score (nSPS) is 13.0. The van der Waals surface area contributed by atoms with E-state index < -0.39 is 11.7 Å². The van der Waals surface area contributed by atoms with Crippen molar-refractivity contribution in [3.05, 3.63) is 58.6 Å². The first-order valence-electron chi connectivity index (χ1n) is 6.06. The fourth-order valence-electron chi connectivity index (χ4n) is 1.71. The summed E-state index contributed by atoms with van der Waals surface area (Å²) in [5.41, 5.74) is 0.193. The second kappa shape index (κ2) is 6.28. The van der Waals surface area contributed by atoms with Gasteiger partial charge in [0.2, 0.25) is 0 Å². The average molecular weight is 380 g/mol. The summed E-state index contributed by atoms with van der Waals surface area (Å²) in [6, 6.07) is 10.3. The van der Waals surface area contributed by atoms with E-state index in [4.69, 9.17) is 16.3 Å². The molecule has 0 N–H and O–H groups in total. The highest BCUT2D eigenvalue weighted by molar-refractivity contribution is 9.09. The van der Waals surface area contributed by atoms with Crippen molar-refractivity contribution in [2.75, 3.05) is 0 Å². The Morgan fingerprint density at radius 2 is 1.86 bits per heavy atom. The zero-order valence-corrected chi connectivity index (χ0v) is 13.3. The molecule has 1 unspecified atom stereocenters. The maximum absolute atomic E-state index is 12.6. The molecule has 1 atom stereocenters. The summed E-state index contributed by atoms with van der Waals surface area (Å²) in [5.74, 6) is 0.699. The van der Waals surface area contributed by atoms with Crippen LogP contribution in [0.4, 0.5) is 13.2 Å². The van der Waals surface area contributed by atoms with E-state index in [1.165, 1.54) is 6.07 Å². The number of rotatable bonds is 3. The fourth-order valence-corrected chi connectivity index (χ4v) is 2.22. The molecule has 6 heteroatoms. The van der Waals surface area contributed by atoms with E-state index in [0.29, 0.717) is 5.75 Å². The van der Waals surface area contributed by atoms with Gasteiger partial charge in [-0.2, -0.15) is 13.2 Å². The summed E-state index contributed by atoms with van der Waals surface area (Å²) in [6.45, 7) is 1.96. The monoisotopic (exact) mass is 378 g/mol. The quantitative estimate of drug-likeness (QED) is 0.545. The van der Waals surface area contributed by atoms with Gasteiger partial charge in [0, 0.05) is 4.83 Å². The van der Waals surface area contributed by atoms with E-state index in [1.807, 2.05) is 13.0 Å². The lowest BCUT2D eigenvalue weighted by atomic mass is 10.1. The van der Waals surface area contributed by atoms with Crippen LogP contribution in [0.25, 0.3) is 0 Å². The van der Waals surface area contributed by atoms with Crippen LogP contribution in [-0.4, -0.2) is 0 Å². The Hall–Kier alpha value is -1.20. The van der Waals surface area contributed by atoms with E-state index in [2.05, 4.69) is 15.9 Å². The molecule has 2 rings (SSSR count). The van der Waals surface area contributed by atoms with Crippen molar-refractivity contribution in [1.82, 2.24) is 0 Å². The second-order valence-electron chi connectivity index (χ2n) is 4.43. The van der Waals surface area contributed by atoms with Gasteiger partial charge in [-0.3, -0.25) is 0 Å². The predicted molar refractivity (Wildman–Crippen MR) is 80.3 cm³/mol. The second-order valence-corrected chi connectivity index (χ2v) is 6.21. The van der Waals surface area contributed by atoms with Gasteiger partial charge in [0.05, 0.1) is 10.6 Å². The van der Waals surface area contributed by atoms with Crippen LogP contribution < -0.4 is 4.74 Å². The number of hydrogen-bond donors (Lipinski definition) is 0. The standard InChI is InChI=1S/C15H11BrClF3O/c1-9(16)10-3-2-4-12(7-10)21-14-6-5-11(8-13(14)17)15(18,19)20/h2-9H,1H3.